The number of hydrogen-bond acceptors (Lipinski definition) is 15. The van der Waals surface area contributed by atoms with E-state index in [4.69, 9.17) is 37.0 Å². The maximum atomic E-state index is 13.1. The van der Waals surface area contributed by atoms with E-state index in [0.29, 0.717) is 31.6 Å². The molecule has 17 nitrogen and oxygen atoms in total. The minimum absolute atomic E-state index is 0.102. The third kappa shape index (κ3) is 75.3. The van der Waals surface area contributed by atoms with Crippen LogP contribution in [0.15, 0.2) is 0 Å². The van der Waals surface area contributed by atoms with E-state index in [9.17, 15) is 43.2 Å². The van der Waals surface area contributed by atoms with Crippen LogP contribution in [-0.4, -0.2) is 96.7 Å². The number of esters is 4. The summed E-state index contributed by atoms with van der Waals surface area (Å²) in [6, 6.07) is 0. The molecule has 0 saturated heterocycles. The molecule has 0 fully saturated rings. The predicted molar refractivity (Wildman–Crippen MR) is 423 cm³/mol. The number of phosphoric ester groups is 2. The second-order valence-corrected chi connectivity index (χ2v) is 34.6. The number of unbranched alkanes of at least 4 members (excludes halogenated alkanes) is 45. The summed E-state index contributed by atoms with van der Waals surface area (Å²) in [7, 11) is -9.92. The molecule has 19 heteroatoms. The van der Waals surface area contributed by atoms with Gasteiger partial charge in [0.25, 0.3) is 0 Å². The average Bonchev–Trinajstić information content (AvgIpc) is 0.940. The molecule has 0 aliphatic heterocycles. The zero-order valence-corrected chi connectivity index (χ0v) is 69.7. The van der Waals surface area contributed by atoms with Crippen molar-refractivity contribution in [3.05, 3.63) is 0 Å². The fourth-order valence-electron chi connectivity index (χ4n) is 12.9. The first kappa shape index (κ1) is 101. The third-order valence-electron chi connectivity index (χ3n) is 20.3. The van der Waals surface area contributed by atoms with E-state index in [-0.39, 0.29) is 25.7 Å². The highest BCUT2D eigenvalue weighted by atomic mass is 31.2. The molecule has 0 rings (SSSR count). The van der Waals surface area contributed by atoms with Crippen molar-refractivity contribution < 1.29 is 80.2 Å². The molecule has 0 bridgehead atoms. The predicted octanol–water partition coefficient (Wildman–Crippen LogP) is 25.2. The van der Waals surface area contributed by atoms with Crippen LogP contribution in [0, 0.1) is 23.7 Å². The first-order chi connectivity index (χ1) is 49.7. The highest BCUT2D eigenvalue weighted by Gasteiger charge is 2.30. The van der Waals surface area contributed by atoms with Gasteiger partial charge >= 0.3 is 39.5 Å². The summed E-state index contributed by atoms with van der Waals surface area (Å²) in [6.45, 7) is 14.3. The first-order valence-corrected chi connectivity index (χ1v) is 46.3. The van der Waals surface area contributed by atoms with Crippen LogP contribution in [0.4, 0.5) is 0 Å². The van der Waals surface area contributed by atoms with Gasteiger partial charge in [-0.3, -0.25) is 37.3 Å². The van der Waals surface area contributed by atoms with Gasteiger partial charge in [0, 0.05) is 25.7 Å². The quantitative estimate of drug-likeness (QED) is 0.0222. The van der Waals surface area contributed by atoms with Gasteiger partial charge in [-0.2, -0.15) is 0 Å². The van der Waals surface area contributed by atoms with Gasteiger partial charge in [0.05, 0.1) is 26.4 Å². The van der Waals surface area contributed by atoms with E-state index in [0.717, 1.165) is 114 Å². The van der Waals surface area contributed by atoms with E-state index < -0.39 is 97.5 Å². The van der Waals surface area contributed by atoms with Crippen molar-refractivity contribution in [3.8, 4) is 0 Å². The molecule has 612 valence electrons. The number of hydrogen-bond donors (Lipinski definition) is 3. The monoisotopic (exact) mass is 1510 g/mol. The van der Waals surface area contributed by atoms with Gasteiger partial charge in [-0.15, -0.1) is 0 Å². The number of carbonyl (C=O) groups is 4. The van der Waals surface area contributed by atoms with Crippen molar-refractivity contribution in [2.45, 2.75) is 453 Å². The summed E-state index contributed by atoms with van der Waals surface area (Å²) >= 11 is 0. The number of ether oxygens (including phenoxy) is 4. The van der Waals surface area contributed by atoms with Gasteiger partial charge < -0.3 is 33.8 Å². The standard InChI is InChI=1S/C84H164O17P2/c1-9-76(7)62-54-46-38-32-28-24-20-16-12-14-18-22-26-30-34-40-50-58-66-83(88)100-79(70-94-81(86)64-56-48-39-33-29-25-21-17-13-11-15-19-23-27-31-36-44-52-60-74(3)4)72-98-102(90,91)96-68-78(85)69-97-103(92,93)99-73-80(101-84(89)67-59-51-41-35-37-45-53-61-75(5)6)71-95-82(87)65-57-49-43-42-47-55-63-77(8)10-2/h74-80,85H,9-73H2,1-8H3,(H,90,91)(H,92,93)/t76?,77?,78-,79-,80-/m1/s1. The van der Waals surface area contributed by atoms with Crippen molar-refractivity contribution in [3.63, 3.8) is 0 Å². The van der Waals surface area contributed by atoms with Crippen molar-refractivity contribution >= 4 is 39.5 Å². The lowest BCUT2D eigenvalue weighted by molar-refractivity contribution is -0.161. The molecular weight excluding hydrogens is 1340 g/mol. The van der Waals surface area contributed by atoms with Crippen LogP contribution in [0.5, 0.6) is 0 Å². The second-order valence-electron chi connectivity index (χ2n) is 31.7. The largest absolute Gasteiger partial charge is 0.472 e. The number of phosphoric acid groups is 2. The molecule has 0 aliphatic carbocycles. The molecular formula is C84H164O17P2. The van der Waals surface area contributed by atoms with Crippen molar-refractivity contribution in [2.24, 2.45) is 23.7 Å². The highest BCUT2D eigenvalue weighted by molar-refractivity contribution is 7.47. The summed E-state index contributed by atoms with van der Waals surface area (Å²) in [5.74, 6) is 1.00. The zero-order chi connectivity index (χ0) is 76.0. The summed E-state index contributed by atoms with van der Waals surface area (Å²) < 4.78 is 68.7. The van der Waals surface area contributed by atoms with E-state index in [1.807, 2.05) is 0 Å². The van der Waals surface area contributed by atoms with Gasteiger partial charge in [-0.05, 0) is 49.4 Å². The van der Waals surface area contributed by atoms with Crippen LogP contribution < -0.4 is 0 Å². The Balaban J connectivity index is 5.18. The third-order valence-corrected chi connectivity index (χ3v) is 22.2. The highest BCUT2D eigenvalue weighted by Crippen LogP contribution is 2.45. The van der Waals surface area contributed by atoms with Crippen LogP contribution in [0.1, 0.15) is 434 Å². The molecule has 0 saturated carbocycles. The summed E-state index contributed by atoms with van der Waals surface area (Å²) in [6.07, 6.45) is 61.4. The maximum absolute atomic E-state index is 13.1. The van der Waals surface area contributed by atoms with Crippen LogP contribution in [-0.2, 0) is 65.4 Å². The lowest BCUT2D eigenvalue weighted by Crippen LogP contribution is -2.30. The Morgan fingerprint density at radius 3 is 0.689 bits per heavy atom. The Morgan fingerprint density at radius 1 is 0.272 bits per heavy atom. The molecule has 0 heterocycles. The Kier molecular flexibility index (Phi) is 71.5. The van der Waals surface area contributed by atoms with E-state index in [2.05, 4.69) is 55.4 Å². The van der Waals surface area contributed by atoms with Gasteiger partial charge in [-0.25, -0.2) is 9.13 Å². The van der Waals surface area contributed by atoms with E-state index in [1.54, 1.807) is 0 Å². The normalized spacial score (nSPS) is 14.5. The molecule has 0 spiro atoms. The summed E-state index contributed by atoms with van der Waals surface area (Å²) in [5.41, 5.74) is 0. The molecule has 7 atom stereocenters. The Morgan fingerprint density at radius 2 is 0.466 bits per heavy atom. The SMILES string of the molecule is CCC(C)CCCCCCCCCCCCCCCCCCCCC(=O)O[C@H](COC(=O)CCCCCCCCCCCCCCCCCCCCC(C)C)COP(=O)(O)OC[C@@H](O)COP(=O)(O)OC[C@@H](COC(=O)CCCCCCCCC(C)CC)OC(=O)CCCCCCCCCC(C)C. The minimum Gasteiger partial charge on any atom is -0.462 e. The van der Waals surface area contributed by atoms with Gasteiger partial charge in [0.1, 0.15) is 19.3 Å². The number of aliphatic hydroxyl groups excluding tert-OH is 1. The van der Waals surface area contributed by atoms with Crippen molar-refractivity contribution in [1.82, 2.24) is 0 Å². The average molecular weight is 1510 g/mol. The molecule has 103 heavy (non-hydrogen) atoms. The van der Waals surface area contributed by atoms with Crippen LogP contribution >= 0.6 is 15.6 Å². The van der Waals surface area contributed by atoms with E-state index >= 15 is 0 Å². The Labute approximate surface area is 632 Å². The first-order valence-electron chi connectivity index (χ1n) is 43.3. The number of carbonyl (C=O) groups excluding carboxylic acids is 4. The molecule has 0 aliphatic rings. The van der Waals surface area contributed by atoms with Crippen LogP contribution in [0.25, 0.3) is 0 Å². The van der Waals surface area contributed by atoms with Crippen LogP contribution in [0.3, 0.4) is 0 Å². The maximum Gasteiger partial charge on any atom is 0.472 e. The molecule has 3 N–H and O–H groups in total. The topological polar surface area (TPSA) is 237 Å². The minimum atomic E-state index is -4.97. The van der Waals surface area contributed by atoms with Crippen LogP contribution in [0.2, 0.25) is 0 Å². The molecule has 0 aromatic rings. The van der Waals surface area contributed by atoms with Crippen molar-refractivity contribution in [2.75, 3.05) is 39.6 Å². The molecule has 0 radical (unpaired) electrons. The number of rotatable bonds is 81. The second kappa shape index (κ2) is 72.9. The van der Waals surface area contributed by atoms with Crippen molar-refractivity contribution in [1.29, 1.82) is 0 Å². The molecule has 4 unspecified atom stereocenters. The zero-order valence-electron chi connectivity index (χ0n) is 68.0. The smallest absolute Gasteiger partial charge is 0.462 e. The molecule has 0 amide bonds. The fourth-order valence-corrected chi connectivity index (χ4v) is 14.5. The lowest BCUT2D eigenvalue weighted by Gasteiger charge is -2.21. The molecule has 0 aromatic heterocycles. The van der Waals surface area contributed by atoms with E-state index in [1.165, 1.54) is 231 Å². The van der Waals surface area contributed by atoms with Gasteiger partial charge in [0.15, 0.2) is 12.2 Å². The summed E-state index contributed by atoms with van der Waals surface area (Å²) in [4.78, 5) is 73.0. The Bertz CT molecular complexity index is 2010. The molecule has 0 aromatic carbocycles. The fraction of sp³-hybridized carbons (Fsp3) is 0.952. The van der Waals surface area contributed by atoms with Gasteiger partial charge in [-0.1, -0.05) is 383 Å². The lowest BCUT2D eigenvalue weighted by atomic mass is 9.99. The Hall–Kier alpha value is -1.94. The number of aliphatic hydroxyl groups is 1. The van der Waals surface area contributed by atoms with Gasteiger partial charge in [0.2, 0.25) is 0 Å². The summed E-state index contributed by atoms with van der Waals surface area (Å²) in [5, 5.41) is 10.6.